The Balaban J connectivity index is 2.27. The summed E-state index contributed by atoms with van der Waals surface area (Å²) in [5.41, 5.74) is 6.98. The standard InChI is InChI=1S/C9H9ClN4S/c10-6-1-2-8-13-7(4-14(8)3-6)5-15-9(11)12/h1-4H,5H2,(H3,11,12). The Morgan fingerprint density at radius 2 is 2.33 bits per heavy atom. The van der Waals surface area contributed by atoms with Gasteiger partial charge in [0, 0.05) is 18.1 Å². The van der Waals surface area contributed by atoms with Gasteiger partial charge in [-0.25, -0.2) is 4.98 Å². The Bertz CT molecular complexity index is 508. The summed E-state index contributed by atoms with van der Waals surface area (Å²) in [6.45, 7) is 0. The zero-order valence-electron chi connectivity index (χ0n) is 7.77. The van der Waals surface area contributed by atoms with E-state index in [2.05, 4.69) is 4.98 Å². The SMILES string of the molecule is N=C(N)SCc1cn2cc(Cl)ccc2n1. The average Bonchev–Trinajstić information content (AvgIpc) is 2.56. The molecule has 2 rings (SSSR count). The predicted molar refractivity (Wildman–Crippen MR) is 63.4 cm³/mol. The Morgan fingerprint density at radius 1 is 1.53 bits per heavy atom. The lowest BCUT2D eigenvalue weighted by molar-refractivity contribution is 1.18. The van der Waals surface area contributed by atoms with Gasteiger partial charge in [-0.1, -0.05) is 23.4 Å². The van der Waals surface area contributed by atoms with Crippen LogP contribution in [0.2, 0.25) is 5.02 Å². The van der Waals surface area contributed by atoms with Gasteiger partial charge in [0.1, 0.15) is 5.65 Å². The van der Waals surface area contributed by atoms with Crippen LogP contribution in [0.3, 0.4) is 0 Å². The van der Waals surface area contributed by atoms with Crippen molar-refractivity contribution in [3.8, 4) is 0 Å². The number of nitrogens with one attached hydrogen (secondary N) is 1. The van der Waals surface area contributed by atoms with Gasteiger partial charge in [-0.15, -0.1) is 0 Å². The van der Waals surface area contributed by atoms with Crippen molar-refractivity contribution in [2.75, 3.05) is 0 Å². The molecule has 3 N–H and O–H groups in total. The maximum atomic E-state index is 7.10. The highest BCUT2D eigenvalue weighted by atomic mass is 35.5. The topological polar surface area (TPSA) is 67.2 Å². The molecule has 0 aromatic carbocycles. The molecule has 0 atom stereocenters. The van der Waals surface area contributed by atoms with E-state index < -0.39 is 0 Å². The van der Waals surface area contributed by atoms with Crippen molar-refractivity contribution in [1.29, 1.82) is 5.41 Å². The molecule has 0 saturated carbocycles. The summed E-state index contributed by atoms with van der Waals surface area (Å²) in [6, 6.07) is 3.65. The molecule has 0 bridgehead atoms. The van der Waals surface area contributed by atoms with Crippen LogP contribution in [0.1, 0.15) is 5.69 Å². The minimum Gasteiger partial charge on any atom is -0.379 e. The number of pyridine rings is 1. The third kappa shape index (κ3) is 2.43. The summed E-state index contributed by atoms with van der Waals surface area (Å²) in [5, 5.41) is 7.87. The lowest BCUT2D eigenvalue weighted by Crippen LogP contribution is -2.03. The molecule has 0 spiro atoms. The van der Waals surface area contributed by atoms with E-state index in [-0.39, 0.29) is 5.17 Å². The fourth-order valence-corrected chi connectivity index (χ4v) is 1.85. The molecule has 0 aliphatic rings. The molecule has 15 heavy (non-hydrogen) atoms. The highest BCUT2D eigenvalue weighted by Crippen LogP contribution is 2.15. The molecular weight excluding hydrogens is 232 g/mol. The molecule has 0 radical (unpaired) electrons. The number of fused-ring (bicyclic) bond motifs is 1. The van der Waals surface area contributed by atoms with Crippen molar-refractivity contribution in [1.82, 2.24) is 9.38 Å². The number of aromatic nitrogens is 2. The van der Waals surface area contributed by atoms with E-state index in [0.717, 1.165) is 11.3 Å². The second-order valence-corrected chi connectivity index (χ2v) is 4.45. The first-order valence-corrected chi connectivity index (χ1v) is 5.61. The number of hydrogen-bond donors (Lipinski definition) is 2. The lowest BCUT2D eigenvalue weighted by Gasteiger charge is -1.92. The van der Waals surface area contributed by atoms with Crippen molar-refractivity contribution in [3.63, 3.8) is 0 Å². The summed E-state index contributed by atoms with van der Waals surface area (Å²) in [6.07, 6.45) is 3.68. The summed E-state index contributed by atoms with van der Waals surface area (Å²) in [4.78, 5) is 4.36. The van der Waals surface area contributed by atoms with Gasteiger partial charge in [-0.05, 0) is 12.1 Å². The van der Waals surface area contributed by atoms with Crippen LogP contribution in [0.5, 0.6) is 0 Å². The number of amidine groups is 1. The highest BCUT2D eigenvalue weighted by Gasteiger charge is 2.02. The summed E-state index contributed by atoms with van der Waals surface area (Å²) in [7, 11) is 0. The smallest absolute Gasteiger partial charge is 0.151 e. The molecule has 2 aromatic heterocycles. The van der Waals surface area contributed by atoms with Crippen LogP contribution < -0.4 is 5.73 Å². The Hall–Kier alpha value is -1.20. The number of nitrogens with zero attached hydrogens (tertiary/aromatic N) is 2. The first-order valence-electron chi connectivity index (χ1n) is 4.25. The maximum Gasteiger partial charge on any atom is 0.151 e. The van der Waals surface area contributed by atoms with Crippen molar-refractivity contribution in [2.24, 2.45) is 5.73 Å². The number of halogens is 1. The normalized spacial score (nSPS) is 10.7. The van der Waals surface area contributed by atoms with Crippen LogP contribution >= 0.6 is 23.4 Å². The van der Waals surface area contributed by atoms with Gasteiger partial charge >= 0.3 is 0 Å². The first-order chi connectivity index (χ1) is 7.15. The van der Waals surface area contributed by atoms with Crippen molar-refractivity contribution < 1.29 is 0 Å². The van der Waals surface area contributed by atoms with Crippen LogP contribution in [-0.2, 0) is 5.75 Å². The molecule has 0 amide bonds. The van der Waals surface area contributed by atoms with Gasteiger partial charge in [0.15, 0.2) is 5.17 Å². The highest BCUT2D eigenvalue weighted by molar-refractivity contribution is 8.13. The van der Waals surface area contributed by atoms with Crippen LogP contribution in [-0.4, -0.2) is 14.6 Å². The molecule has 2 heterocycles. The second kappa shape index (κ2) is 4.12. The molecule has 0 aliphatic carbocycles. The maximum absolute atomic E-state index is 7.10. The molecule has 78 valence electrons. The monoisotopic (exact) mass is 240 g/mol. The fourth-order valence-electron chi connectivity index (χ4n) is 1.24. The number of imidazole rings is 1. The van der Waals surface area contributed by atoms with Gasteiger partial charge in [0.2, 0.25) is 0 Å². The quantitative estimate of drug-likeness (QED) is 0.624. The lowest BCUT2D eigenvalue weighted by atomic mass is 10.5. The molecular formula is C9H9ClN4S. The zero-order chi connectivity index (χ0) is 10.8. The van der Waals surface area contributed by atoms with E-state index in [1.807, 2.05) is 16.7 Å². The van der Waals surface area contributed by atoms with Crippen molar-refractivity contribution in [3.05, 3.63) is 35.2 Å². The third-order valence-corrected chi connectivity index (χ3v) is 2.82. The summed E-state index contributed by atoms with van der Waals surface area (Å²) >= 11 is 7.10. The number of rotatable bonds is 2. The van der Waals surface area contributed by atoms with Gasteiger partial charge in [-0.2, -0.15) is 0 Å². The Kier molecular flexibility index (Phi) is 2.83. The summed E-state index contributed by atoms with van der Waals surface area (Å²) < 4.78 is 1.86. The minimum atomic E-state index is 0.102. The van der Waals surface area contributed by atoms with E-state index in [0.29, 0.717) is 10.8 Å². The average molecular weight is 241 g/mol. The van der Waals surface area contributed by atoms with Crippen molar-refractivity contribution in [2.45, 2.75) is 5.75 Å². The Labute approximate surface area is 96.0 Å². The van der Waals surface area contributed by atoms with E-state index in [9.17, 15) is 0 Å². The Morgan fingerprint density at radius 3 is 3.07 bits per heavy atom. The molecule has 2 aromatic rings. The predicted octanol–water partition coefficient (Wildman–Crippen LogP) is 2.11. The summed E-state index contributed by atoms with van der Waals surface area (Å²) in [5.74, 6) is 0.606. The molecule has 4 nitrogen and oxygen atoms in total. The first kappa shape index (κ1) is 10.3. The second-order valence-electron chi connectivity index (χ2n) is 3.00. The van der Waals surface area contributed by atoms with E-state index in [1.165, 1.54) is 11.8 Å². The molecule has 0 unspecified atom stereocenters. The number of hydrogen-bond acceptors (Lipinski definition) is 3. The fraction of sp³-hybridized carbons (Fsp3) is 0.111. The van der Waals surface area contributed by atoms with Crippen LogP contribution in [0.4, 0.5) is 0 Å². The van der Waals surface area contributed by atoms with Crippen molar-refractivity contribution >= 4 is 34.2 Å². The van der Waals surface area contributed by atoms with Gasteiger partial charge in [0.25, 0.3) is 0 Å². The van der Waals surface area contributed by atoms with Gasteiger partial charge in [0.05, 0.1) is 10.7 Å². The zero-order valence-corrected chi connectivity index (χ0v) is 9.35. The van der Waals surface area contributed by atoms with Crippen LogP contribution in [0.15, 0.2) is 24.5 Å². The van der Waals surface area contributed by atoms with Crippen LogP contribution in [0, 0.1) is 5.41 Å². The third-order valence-electron chi connectivity index (χ3n) is 1.84. The number of nitrogens with two attached hydrogens (primary N) is 1. The van der Waals surface area contributed by atoms with Crippen LogP contribution in [0.25, 0.3) is 5.65 Å². The van der Waals surface area contributed by atoms with E-state index in [4.69, 9.17) is 22.7 Å². The van der Waals surface area contributed by atoms with Gasteiger partial charge < -0.3 is 10.1 Å². The van der Waals surface area contributed by atoms with Gasteiger partial charge in [-0.3, -0.25) is 5.41 Å². The number of thioether (sulfide) groups is 1. The molecule has 0 fully saturated rings. The molecule has 6 heteroatoms. The van der Waals surface area contributed by atoms with E-state index >= 15 is 0 Å². The van der Waals surface area contributed by atoms with E-state index in [1.54, 1.807) is 12.3 Å². The molecule has 0 saturated heterocycles. The largest absolute Gasteiger partial charge is 0.379 e. The minimum absolute atomic E-state index is 0.102. The molecule has 0 aliphatic heterocycles.